The van der Waals surface area contributed by atoms with Crippen LogP contribution in [0.25, 0.3) is 12.2 Å². The summed E-state index contributed by atoms with van der Waals surface area (Å²) in [7, 11) is 0. The summed E-state index contributed by atoms with van der Waals surface area (Å²) >= 11 is 5.40. The van der Waals surface area contributed by atoms with Crippen molar-refractivity contribution >= 4 is 29.0 Å². The molecular weight excluding hydrogens is 184 g/mol. The molecule has 0 N–H and O–H groups in total. The first-order valence-electron chi connectivity index (χ1n) is 3.77. The molecule has 1 aromatic rings. The van der Waals surface area contributed by atoms with E-state index in [4.69, 9.17) is 11.6 Å². The Kier molecular flexibility index (Phi) is 3.04. The molecule has 0 saturated carbocycles. The zero-order valence-electron chi connectivity index (χ0n) is 7.09. The number of carbonyl (C=O) groups excluding carboxylic acids is 1. The summed E-state index contributed by atoms with van der Waals surface area (Å²) in [6, 6.07) is 5.34. The van der Waals surface area contributed by atoms with Gasteiger partial charge in [-0.05, 0) is 28.8 Å². The standard InChI is InChI=1S/C11H9ClO/c1-3-8-5-6-9(4-2)10(7-8)11(12)13/h3-7H,1-2H2. The highest BCUT2D eigenvalue weighted by Gasteiger charge is 2.06. The number of carbonyl (C=O) groups is 1. The van der Waals surface area contributed by atoms with Crippen LogP contribution in [-0.4, -0.2) is 5.24 Å². The Hall–Kier alpha value is -1.34. The van der Waals surface area contributed by atoms with E-state index in [2.05, 4.69) is 13.2 Å². The van der Waals surface area contributed by atoms with E-state index in [0.29, 0.717) is 5.56 Å². The molecule has 1 nitrogen and oxygen atoms in total. The molecule has 0 aromatic heterocycles. The molecular formula is C11H9ClO. The first-order chi connectivity index (χ1) is 6.19. The Labute approximate surface area is 82.3 Å². The average molecular weight is 193 g/mol. The normalized spacial score (nSPS) is 9.31. The molecule has 0 spiro atoms. The molecule has 0 saturated heterocycles. The van der Waals surface area contributed by atoms with E-state index in [9.17, 15) is 4.79 Å². The fraction of sp³-hybridized carbons (Fsp3) is 0. The lowest BCUT2D eigenvalue weighted by Gasteiger charge is -2.01. The Morgan fingerprint density at radius 2 is 2.00 bits per heavy atom. The van der Waals surface area contributed by atoms with Gasteiger partial charge < -0.3 is 0 Å². The van der Waals surface area contributed by atoms with Crippen molar-refractivity contribution in [1.29, 1.82) is 0 Å². The van der Waals surface area contributed by atoms with Gasteiger partial charge in [0.25, 0.3) is 5.24 Å². The van der Waals surface area contributed by atoms with Gasteiger partial charge in [0.05, 0.1) is 0 Å². The summed E-state index contributed by atoms with van der Waals surface area (Å²) in [5.41, 5.74) is 2.08. The Morgan fingerprint density at radius 3 is 2.46 bits per heavy atom. The molecule has 66 valence electrons. The van der Waals surface area contributed by atoms with Crippen molar-refractivity contribution in [3.05, 3.63) is 48.0 Å². The minimum atomic E-state index is -0.474. The molecule has 1 aromatic carbocycles. The van der Waals surface area contributed by atoms with Crippen molar-refractivity contribution in [2.45, 2.75) is 0 Å². The van der Waals surface area contributed by atoms with Crippen LogP contribution in [0.1, 0.15) is 21.5 Å². The van der Waals surface area contributed by atoms with Crippen LogP contribution >= 0.6 is 11.6 Å². The van der Waals surface area contributed by atoms with Gasteiger partial charge in [0.1, 0.15) is 0 Å². The van der Waals surface area contributed by atoms with Gasteiger partial charge in [-0.15, -0.1) is 0 Å². The molecule has 0 fully saturated rings. The maximum absolute atomic E-state index is 11.0. The molecule has 0 amide bonds. The smallest absolute Gasteiger partial charge is 0.253 e. The van der Waals surface area contributed by atoms with Crippen molar-refractivity contribution in [2.75, 3.05) is 0 Å². The molecule has 0 radical (unpaired) electrons. The van der Waals surface area contributed by atoms with E-state index < -0.39 is 5.24 Å². The molecule has 0 heterocycles. The molecule has 0 bridgehead atoms. The van der Waals surface area contributed by atoms with E-state index in [0.717, 1.165) is 11.1 Å². The van der Waals surface area contributed by atoms with E-state index in [1.54, 1.807) is 24.3 Å². The van der Waals surface area contributed by atoms with Gasteiger partial charge >= 0.3 is 0 Å². The second kappa shape index (κ2) is 4.06. The molecule has 0 aliphatic heterocycles. The van der Waals surface area contributed by atoms with Crippen LogP contribution in [-0.2, 0) is 0 Å². The number of hydrogen-bond acceptors (Lipinski definition) is 1. The largest absolute Gasteiger partial charge is 0.276 e. The van der Waals surface area contributed by atoms with Crippen LogP contribution in [0.3, 0.4) is 0 Å². The zero-order chi connectivity index (χ0) is 9.84. The third-order valence-electron chi connectivity index (χ3n) is 1.74. The Morgan fingerprint density at radius 1 is 1.31 bits per heavy atom. The molecule has 1 rings (SSSR count). The van der Waals surface area contributed by atoms with Crippen LogP contribution < -0.4 is 0 Å². The number of rotatable bonds is 3. The molecule has 0 aliphatic rings. The van der Waals surface area contributed by atoms with E-state index >= 15 is 0 Å². The maximum atomic E-state index is 11.0. The lowest BCUT2D eigenvalue weighted by atomic mass is 10.0. The summed E-state index contributed by atoms with van der Waals surface area (Å²) in [5.74, 6) is 0. The van der Waals surface area contributed by atoms with Crippen molar-refractivity contribution in [3.8, 4) is 0 Å². The highest BCUT2D eigenvalue weighted by atomic mass is 35.5. The third kappa shape index (κ3) is 2.07. The predicted octanol–water partition coefficient (Wildman–Crippen LogP) is 3.35. The second-order valence-corrected chi connectivity index (χ2v) is 2.87. The van der Waals surface area contributed by atoms with E-state index in [1.807, 2.05) is 6.07 Å². The van der Waals surface area contributed by atoms with Crippen LogP contribution in [0.15, 0.2) is 31.4 Å². The van der Waals surface area contributed by atoms with Crippen LogP contribution in [0.4, 0.5) is 0 Å². The zero-order valence-corrected chi connectivity index (χ0v) is 7.84. The van der Waals surface area contributed by atoms with Crippen LogP contribution in [0, 0.1) is 0 Å². The summed E-state index contributed by atoms with van der Waals surface area (Å²) in [6.07, 6.45) is 3.26. The molecule has 0 unspecified atom stereocenters. The van der Waals surface area contributed by atoms with Crippen molar-refractivity contribution in [2.24, 2.45) is 0 Å². The minimum absolute atomic E-state index is 0.467. The molecule has 0 atom stereocenters. The second-order valence-electron chi connectivity index (χ2n) is 2.53. The highest BCUT2D eigenvalue weighted by Crippen LogP contribution is 2.16. The number of hydrogen-bond donors (Lipinski definition) is 0. The topological polar surface area (TPSA) is 17.1 Å². The van der Waals surface area contributed by atoms with E-state index in [-0.39, 0.29) is 0 Å². The summed E-state index contributed by atoms with van der Waals surface area (Å²) in [4.78, 5) is 11.0. The summed E-state index contributed by atoms with van der Waals surface area (Å²) in [5, 5.41) is -0.474. The SMILES string of the molecule is C=Cc1ccc(C=C)c(C(=O)Cl)c1. The van der Waals surface area contributed by atoms with Gasteiger partial charge in [0, 0.05) is 5.56 Å². The maximum Gasteiger partial charge on any atom is 0.253 e. The van der Waals surface area contributed by atoms with Gasteiger partial charge in [0.15, 0.2) is 0 Å². The quantitative estimate of drug-likeness (QED) is 0.672. The molecule has 0 aliphatic carbocycles. The van der Waals surface area contributed by atoms with Crippen molar-refractivity contribution < 1.29 is 4.79 Å². The summed E-state index contributed by atoms with van der Waals surface area (Å²) in [6.45, 7) is 7.20. The molecule has 13 heavy (non-hydrogen) atoms. The first kappa shape index (κ1) is 9.75. The van der Waals surface area contributed by atoms with Gasteiger partial charge in [-0.1, -0.05) is 37.4 Å². The average Bonchev–Trinajstić information content (AvgIpc) is 2.16. The predicted molar refractivity (Wildman–Crippen MR) is 56.8 cm³/mol. The monoisotopic (exact) mass is 192 g/mol. The first-order valence-corrected chi connectivity index (χ1v) is 4.15. The van der Waals surface area contributed by atoms with Gasteiger partial charge in [0.2, 0.25) is 0 Å². The summed E-state index contributed by atoms with van der Waals surface area (Å²) < 4.78 is 0. The minimum Gasteiger partial charge on any atom is -0.276 e. The van der Waals surface area contributed by atoms with Crippen LogP contribution in [0.5, 0.6) is 0 Å². The lowest BCUT2D eigenvalue weighted by molar-refractivity contribution is 0.108. The van der Waals surface area contributed by atoms with Crippen molar-refractivity contribution in [3.63, 3.8) is 0 Å². The molecule has 2 heteroatoms. The highest BCUT2D eigenvalue weighted by molar-refractivity contribution is 6.68. The van der Waals surface area contributed by atoms with Gasteiger partial charge in [-0.25, -0.2) is 0 Å². The Bertz CT molecular complexity index is 366. The third-order valence-corrected chi connectivity index (χ3v) is 1.95. The van der Waals surface area contributed by atoms with Crippen molar-refractivity contribution in [1.82, 2.24) is 0 Å². The van der Waals surface area contributed by atoms with E-state index in [1.165, 1.54) is 0 Å². The van der Waals surface area contributed by atoms with Crippen LogP contribution in [0.2, 0.25) is 0 Å². The van der Waals surface area contributed by atoms with Gasteiger partial charge in [-0.2, -0.15) is 0 Å². The fourth-order valence-corrected chi connectivity index (χ4v) is 1.21. The number of halogens is 1. The lowest BCUT2D eigenvalue weighted by Crippen LogP contribution is -1.93. The number of benzene rings is 1. The van der Waals surface area contributed by atoms with Gasteiger partial charge in [-0.3, -0.25) is 4.79 Å². The Balaban J connectivity index is 3.33. The fourth-order valence-electron chi connectivity index (χ4n) is 1.05.